The number of benzene rings is 2. The summed E-state index contributed by atoms with van der Waals surface area (Å²) in [6.45, 7) is 1.93. The van der Waals surface area contributed by atoms with Gasteiger partial charge >= 0.3 is 0 Å². The van der Waals surface area contributed by atoms with E-state index < -0.39 is 0 Å². The van der Waals surface area contributed by atoms with Gasteiger partial charge in [0.25, 0.3) is 0 Å². The van der Waals surface area contributed by atoms with Crippen molar-refractivity contribution in [2.45, 2.75) is 24.4 Å². The molecule has 1 aliphatic heterocycles. The van der Waals surface area contributed by atoms with Gasteiger partial charge in [-0.3, -0.25) is 0 Å². The Bertz CT molecular complexity index is 585. The fourth-order valence-electron chi connectivity index (χ4n) is 4.77. The maximum atomic E-state index is 10.5. The Labute approximate surface area is 132 Å². The molecule has 2 nitrogen and oxygen atoms in total. The topological polar surface area (TPSA) is 32.3 Å². The van der Waals surface area contributed by atoms with E-state index in [2.05, 4.69) is 66.0 Å². The first kappa shape index (κ1) is 14.0. The quantitative estimate of drug-likeness (QED) is 0.892. The van der Waals surface area contributed by atoms with E-state index >= 15 is 0 Å². The monoisotopic (exact) mass is 293 g/mol. The van der Waals surface area contributed by atoms with Crippen LogP contribution in [0.15, 0.2) is 60.7 Å². The van der Waals surface area contributed by atoms with Gasteiger partial charge in [-0.25, -0.2) is 0 Å². The smallest absolute Gasteiger partial charge is 0.0584 e. The van der Waals surface area contributed by atoms with Crippen LogP contribution in [0.2, 0.25) is 0 Å². The molecule has 4 rings (SSSR count). The molecule has 2 heteroatoms. The molecule has 1 aliphatic carbocycles. The Morgan fingerprint density at radius 1 is 0.864 bits per heavy atom. The number of aliphatic hydroxyl groups is 1. The second kappa shape index (κ2) is 5.53. The minimum atomic E-state index is -0.166. The summed E-state index contributed by atoms with van der Waals surface area (Å²) in [6.07, 6.45) is 1.73. The molecule has 2 fully saturated rings. The summed E-state index contributed by atoms with van der Waals surface area (Å²) in [6, 6.07) is 21.8. The van der Waals surface area contributed by atoms with Crippen molar-refractivity contribution in [3.05, 3.63) is 71.8 Å². The number of nitrogens with one attached hydrogen (secondary N) is 1. The van der Waals surface area contributed by atoms with Crippen molar-refractivity contribution in [2.75, 3.05) is 13.1 Å². The zero-order valence-corrected chi connectivity index (χ0v) is 12.8. The minimum absolute atomic E-state index is 0.0237. The van der Waals surface area contributed by atoms with Gasteiger partial charge in [-0.1, -0.05) is 60.7 Å². The molecule has 1 heterocycles. The molecule has 2 aliphatic rings. The fraction of sp³-hybridized carbons (Fsp3) is 0.400. The van der Waals surface area contributed by atoms with Crippen LogP contribution in [-0.2, 0) is 5.41 Å². The van der Waals surface area contributed by atoms with Crippen molar-refractivity contribution < 1.29 is 5.11 Å². The van der Waals surface area contributed by atoms with Gasteiger partial charge in [0.2, 0.25) is 0 Å². The fourth-order valence-corrected chi connectivity index (χ4v) is 4.77. The number of fused-ring (bicyclic) bond motifs is 1. The van der Waals surface area contributed by atoms with Crippen LogP contribution >= 0.6 is 0 Å². The van der Waals surface area contributed by atoms with Crippen LogP contribution in [0.1, 0.15) is 24.0 Å². The van der Waals surface area contributed by atoms with Gasteiger partial charge in [-0.15, -0.1) is 0 Å². The minimum Gasteiger partial charge on any atom is -0.393 e. The van der Waals surface area contributed by atoms with Gasteiger partial charge in [0.05, 0.1) is 6.10 Å². The third-order valence-corrected chi connectivity index (χ3v) is 5.80. The van der Waals surface area contributed by atoms with E-state index in [1.54, 1.807) is 0 Å². The highest BCUT2D eigenvalue weighted by Crippen LogP contribution is 2.51. The van der Waals surface area contributed by atoms with Crippen LogP contribution in [0.3, 0.4) is 0 Å². The summed E-state index contributed by atoms with van der Waals surface area (Å²) in [5, 5.41) is 14.0. The predicted molar refractivity (Wildman–Crippen MR) is 88.8 cm³/mol. The van der Waals surface area contributed by atoms with Crippen molar-refractivity contribution in [2.24, 2.45) is 11.8 Å². The lowest BCUT2D eigenvalue weighted by Crippen LogP contribution is -2.48. The average Bonchev–Trinajstić information content (AvgIpc) is 3.08. The van der Waals surface area contributed by atoms with E-state index in [0.29, 0.717) is 11.8 Å². The number of hydrogen-bond acceptors (Lipinski definition) is 2. The van der Waals surface area contributed by atoms with Gasteiger partial charge in [-0.2, -0.15) is 0 Å². The highest BCUT2D eigenvalue weighted by molar-refractivity contribution is 5.42. The molecule has 3 atom stereocenters. The number of aliphatic hydroxyl groups excluding tert-OH is 1. The average molecular weight is 293 g/mol. The first-order valence-electron chi connectivity index (χ1n) is 8.32. The summed E-state index contributed by atoms with van der Waals surface area (Å²) in [4.78, 5) is 0. The van der Waals surface area contributed by atoms with E-state index in [9.17, 15) is 5.11 Å². The van der Waals surface area contributed by atoms with Gasteiger partial charge < -0.3 is 10.4 Å². The van der Waals surface area contributed by atoms with E-state index in [0.717, 1.165) is 25.9 Å². The van der Waals surface area contributed by atoms with Crippen molar-refractivity contribution in [1.29, 1.82) is 0 Å². The lowest BCUT2D eigenvalue weighted by atomic mass is 9.56. The van der Waals surface area contributed by atoms with E-state index in [-0.39, 0.29) is 11.5 Å². The van der Waals surface area contributed by atoms with Crippen molar-refractivity contribution in [3.8, 4) is 0 Å². The van der Waals surface area contributed by atoms with Crippen LogP contribution in [0.4, 0.5) is 0 Å². The second-order valence-corrected chi connectivity index (χ2v) is 6.74. The molecular weight excluding hydrogens is 270 g/mol. The molecule has 22 heavy (non-hydrogen) atoms. The third kappa shape index (κ3) is 2.02. The maximum Gasteiger partial charge on any atom is 0.0584 e. The maximum absolute atomic E-state index is 10.5. The predicted octanol–water partition coefficient (Wildman–Crippen LogP) is 2.96. The molecule has 0 spiro atoms. The Morgan fingerprint density at radius 2 is 1.45 bits per heavy atom. The standard InChI is InChI=1S/C20H23NO/c22-19-11-12-20(15-7-3-1-4-8-15,16-9-5-2-6-10-16)18-14-21-13-17(18)19/h1-10,17-19,21-22H,11-14H2/t17-,18+,19-/m0/s1. The Morgan fingerprint density at radius 3 is 2.05 bits per heavy atom. The molecule has 0 radical (unpaired) electrons. The molecule has 0 bridgehead atoms. The van der Waals surface area contributed by atoms with Crippen molar-refractivity contribution in [1.82, 2.24) is 5.32 Å². The third-order valence-electron chi connectivity index (χ3n) is 5.80. The zero-order chi connectivity index (χ0) is 15.0. The summed E-state index contributed by atoms with van der Waals surface area (Å²) < 4.78 is 0. The van der Waals surface area contributed by atoms with Crippen molar-refractivity contribution in [3.63, 3.8) is 0 Å². The number of rotatable bonds is 2. The first-order valence-corrected chi connectivity index (χ1v) is 8.32. The number of hydrogen-bond donors (Lipinski definition) is 2. The normalized spacial score (nSPS) is 30.0. The molecule has 0 amide bonds. The molecule has 114 valence electrons. The van der Waals surface area contributed by atoms with Gasteiger partial charge in [0, 0.05) is 17.9 Å². The van der Waals surface area contributed by atoms with Gasteiger partial charge in [0.15, 0.2) is 0 Å². The summed E-state index contributed by atoms with van der Waals surface area (Å²) in [5.41, 5.74) is 2.81. The Kier molecular flexibility index (Phi) is 3.51. The largest absolute Gasteiger partial charge is 0.393 e. The summed E-state index contributed by atoms with van der Waals surface area (Å²) in [5.74, 6) is 0.815. The summed E-state index contributed by atoms with van der Waals surface area (Å²) >= 11 is 0. The molecule has 0 unspecified atom stereocenters. The highest BCUT2D eigenvalue weighted by atomic mass is 16.3. The van der Waals surface area contributed by atoms with Crippen LogP contribution < -0.4 is 5.32 Å². The van der Waals surface area contributed by atoms with Crippen LogP contribution in [0.25, 0.3) is 0 Å². The zero-order valence-electron chi connectivity index (χ0n) is 12.8. The van der Waals surface area contributed by atoms with E-state index in [4.69, 9.17) is 0 Å². The molecule has 1 saturated carbocycles. The highest BCUT2D eigenvalue weighted by Gasteiger charge is 2.52. The Balaban J connectivity index is 1.90. The molecule has 2 N–H and O–H groups in total. The van der Waals surface area contributed by atoms with E-state index in [1.165, 1.54) is 11.1 Å². The molecule has 1 saturated heterocycles. The molecular formula is C20H23NO. The summed E-state index contributed by atoms with van der Waals surface area (Å²) in [7, 11) is 0. The molecule has 2 aromatic carbocycles. The van der Waals surface area contributed by atoms with Crippen LogP contribution in [0.5, 0.6) is 0 Å². The van der Waals surface area contributed by atoms with Gasteiger partial charge in [-0.05, 0) is 36.4 Å². The van der Waals surface area contributed by atoms with Crippen LogP contribution in [0, 0.1) is 11.8 Å². The lowest BCUT2D eigenvalue weighted by Gasteiger charge is -2.48. The van der Waals surface area contributed by atoms with E-state index in [1.807, 2.05) is 0 Å². The van der Waals surface area contributed by atoms with Crippen molar-refractivity contribution >= 4 is 0 Å². The Hall–Kier alpha value is -1.64. The first-order chi connectivity index (χ1) is 10.8. The van der Waals surface area contributed by atoms with Gasteiger partial charge in [0.1, 0.15) is 0 Å². The molecule has 2 aromatic rings. The lowest BCUT2D eigenvalue weighted by molar-refractivity contribution is 0.0238. The SMILES string of the molecule is O[C@H]1CCC(c2ccccc2)(c2ccccc2)[C@@H]2CNC[C@@H]21. The second-order valence-electron chi connectivity index (χ2n) is 6.74. The van der Waals surface area contributed by atoms with Crippen LogP contribution in [-0.4, -0.2) is 24.3 Å². The molecule has 0 aromatic heterocycles.